The van der Waals surface area contributed by atoms with Crippen molar-refractivity contribution >= 4 is 5.91 Å². The van der Waals surface area contributed by atoms with Crippen molar-refractivity contribution in [2.75, 3.05) is 32.8 Å². The van der Waals surface area contributed by atoms with E-state index >= 15 is 0 Å². The molecule has 2 saturated heterocycles. The third-order valence-corrected chi connectivity index (χ3v) is 4.89. The zero-order valence-electron chi connectivity index (χ0n) is 13.2. The maximum Gasteiger partial charge on any atom is 0.229 e. The van der Waals surface area contributed by atoms with Crippen LogP contribution in [0.25, 0.3) is 0 Å². The van der Waals surface area contributed by atoms with E-state index in [1.807, 2.05) is 0 Å². The van der Waals surface area contributed by atoms with Crippen LogP contribution in [0, 0.1) is 17.8 Å². The summed E-state index contributed by atoms with van der Waals surface area (Å²) in [5, 5.41) is 3.38. The monoisotopic (exact) mass is 282 g/mol. The number of likely N-dealkylation sites (N-methyl/N-ethyl adjacent to an activating group) is 1. The van der Waals surface area contributed by atoms with Gasteiger partial charge in [-0.1, -0.05) is 20.8 Å². The molecule has 20 heavy (non-hydrogen) atoms. The maximum atomic E-state index is 12.7. The van der Waals surface area contributed by atoms with Gasteiger partial charge in [-0.15, -0.1) is 0 Å². The van der Waals surface area contributed by atoms with Crippen LogP contribution >= 0.6 is 0 Å². The quantitative estimate of drug-likeness (QED) is 0.856. The molecule has 0 saturated carbocycles. The van der Waals surface area contributed by atoms with Crippen LogP contribution in [0.15, 0.2) is 0 Å². The molecule has 3 atom stereocenters. The molecule has 116 valence electrons. The molecule has 1 amide bonds. The summed E-state index contributed by atoms with van der Waals surface area (Å²) < 4.78 is 5.51. The van der Waals surface area contributed by atoms with Gasteiger partial charge in [-0.25, -0.2) is 0 Å². The first-order valence-electron chi connectivity index (χ1n) is 8.23. The van der Waals surface area contributed by atoms with Gasteiger partial charge in [0.2, 0.25) is 5.91 Å². The van der Waals surface area contributed by atoms with Gasteiger partial charge in [0.25, 0.3) is 0 Å². The maximum absolute atomic E-state index is 12.7. The zero-order valence-corrected chi connectivity index (χ0v) is 13.2. The van der Waals surface area contributed by atoms with Crippen LogP contribution in [0.2, 0.25) is 0 Å². The van der Waals surface area contributed by atoms with Gasteiger partial charge in [-0.3, -0.25) is 4.79 Å². The van der Waals surface area contributed by atoms with Gasteiger partial charge in [-0.2, -0.15) is 0 Å². The van der Waals surface area contributed by atoms with Gasteiger partial charge in [-0.05, 0) is 37.6 Å². The van der Waals surface area contributed by atoms with Crippen LogP contribution in [0.5, 0.6) is 0 Å². The molecular formula is C16H30N2O2. The van der Waals surface area contributed by atoms with Crippen LogP contribution in [0.4, 0.5) is 0 Å². The average Bonchev–Trinajstić information content (AvgIpc) is 2.73. The summed E-state index contributed by atoms with van der Waals surface area (Å²) in [6, 6.07) is 0.205. The van der Waals surface area contributed by atoms with Crippen molar-refractivity contribution in [3.63, 3.8) is 0 Å². The fraction of sp³-hybridized carbons (Fsp3) is 0.938. The molecule has 0 aromatic heterocycles. The second-order valence-electron chi connectivity index (χ2n) is 6.57. The highest BCUT2D eigenvalue weighted by Gasteiger charge is 2.36. The van der Waals surface area contributed by atoms with Crippen LogP contribution in [0.1, 0.15) is 40.0 Å². The van der Waals surface area contributed by atoms with Gasteiger partial charge in [0.15, 0.2) is 0 Å². The van der Waals surface area contributed by atoms with E-state index in [0.717, 1.165) is 44.3 Å². The molecule has 0 bridgehead atoms. The molecule has 0 aliphatic carbocycles. The Kier molecular flexibility index (Phi) is 5.85. The Balaban J connectivity index is 1.92. The number of rotatable bonds is 4. The first-order valence-corrected chi connectivity index (χ1v) is 8.23. The molecule has 1 N–H and O–H groups in total. The van der Waals surface area contributed by atoms with Crippen LogP contribution < -0.4 is 5.32 Å². The lowest BCUT2D eigenvalue weighted by molar-refractivity contribution is -0.136. The van der Waals surface area contributed by atoms with Gasteiger partial charge in [0, 0.05) is 19.1 Å². The van der Waals surface area contributed by atoms with Crippen molar-refractivity contribution in [2.45, 2.75) is 46.1 Å². The van der Waals surface area contributed by atoms with Crippen molar-refractivity contribution < 1.29 is 9.53 Å². The molecular weight excluding hydrogens is 252 g/mol. The number of hydrogen-bond donors (Lipinski definition) is 1. The smallest absolute Gasteiger partial charge is 0.229 e. The number of amides is 1. The Labute approximate surface area is 123 Å². The molecule has 0 aromatic carbocycles. The number of ether oxygens (including phenoxy) is 1. The summed E-state index contributed by atoms with van der Waals surface area (Å²) in [4.78, 5) is 14.8. The van der Waals surface area contributed by atoms with E-state index in [1.165, 1.54) is 6.42 Å². The van der Waals surface area contributed by atoms with E-state index < -0.39 is 0 Å². The number of hydrogen-bond acceptors (Lipinski definition) is 3. The number of nitrogens with one attached hydrogen (secondary N) is 1. The van der Waals surface area contributed by atoms with Gasteiger partial charge in [0.1, 0.15) is 0 Å². The summed E-state index contributed by atoms with van der Waals surface area (Å²) in [6.45, 7) is 10.7. The van der Waals surface area contributed by atoms with Crippen molar-refractivity contribution in [3.8, 4) is 0 Å². The molecule has 4 heteroatoms. The number of nitrogens with zero attached hydrogens (tertiary/aromatic N) is 1. The fourth-order valence-corrected chi connectivity index (χ4v) is 3.50. The second-order valence-corrected chi connectivity index (χ2v) is 6.57. The van der Waals surface area contributed by atoms with E-state index in [4.69, 9.17) is 4.74 Å². The van der Waals surface area contributed by atoms with Gasteiger partial charge >= 0.3 is 0 Å². The van der Waals surface area contributed by atoms with Crippen LogP contribution in [0.3, 0.4) is 0 Å². The topological polar surface area (TPSA) is 41.6 Å². The zero-order chi connectivity index (χ0) is 14.5. The molecule has 4 nitrogen and oxygen atoms in total. The van der Waals surface area contributed by atoms with Crippen molar-refractivity contribution in [1.82, 2.24) is 10.2 Å². The van der Waals surface area contributed by atoms with E-state index in [9.17, 15) is 4.79 Å². The van der Waals surface area contributed by atoms with Gasteiger partial charge < -0.3 is 15.0 Å². The van der Waals surface area contributed by atoms with E-state index in [1.54, 1.807) is 0 Å². The molecule has 3 unspecified atom stereocenters. The number of likely N-dealkylation sites (tertiary alicyclic amines) is 1. The highest BCUT2D eigenvalue weighted by Crippen LogP contribution is 2.26. The Morgan fingerprint density at radius 2 is 2.10 bits per heavy atom. The van der Waals surface area contributed by atoms with E-state index in [-0.39, 0.29) is 12.0 Å². The normalized spacial score (nSPS) is 31.6. The number of carbonyl (C=O) groups excluding carboxylic acids is 1. The lowest BCUT2D eigenvalue weighted by atomic mass is 9.89. The minimum absolute atomic E-state index is 0.0190. The Morgan fingerprint density at radius 1 is 1.30 bits per heavy atom. The summed E-state index contributed by atoms with van der Waals surface area (Å²) in [5.41, 5.74) is 0. The molecule has 2 aliphatic heterocycles. The van der Waals surface area contributed by atoms with Crippen molar-refractivity contribution in [3.05, 3.63) is 0 Å². The lowest BCUT2D eigenvalue weighted by Gasteiger charge is -2.27. The molecule has 0 radical (unpaired) electrons. The first kappa shape index (κ1) is 15.8. The Morgan fingerprint density at radius 3 is 2.80 bits per heavy atom. The summed E-state index contributed by atoms with van der Waals surface area (Å²) in [6.07, 6.45) is 3.57. The molecule has 2 aliphatic rings. The molecule has 0 aromatic rings. The minimum Gasteiger partial charge on any atom is -0.379 e. The second kappa shape index (κ2) is 7.41. The van der Waals surface area contributed by atoms with Crippen molar-refractivity contribution in [1.29, 1.82) is 0 Å². The Bertz CT molecular complexity index is 320. The predicted octanol–water partition coefficient (Wildman–Crippen LogP) is 1.90. The molecule has 2 rings (SSSR count). The highest BCUT2D eigenvalue weighted by atomic mass is 16.5. The molecule has 2 heterocycles. The van der Waals surface area contributed by atoms with Crippen LogP contribution in [-0.4, -0.2) is 49.7 Å². The van der Waals surface area contributed by atoms with Crippen LogP contribution in [-0.2, 0) is 9.53 Å². The third kappa shape index (κ3) is 3.73. The SMILES string of the molecule is CCNC1COCC1C(=O)N1CCCC(C(C)C)CC1. The predicted molar refractivity (Wildman–Crippen MR) is 80.5 cm³/mol. The average molecular weight is 282 g/mol. The van der Waals surface area contributed by atoms with E-state index in [0.29, 0.717) is 19.1 Å². The standard InChI is InChI=1S/C16H30N2O2/c1-4-17-15-11-20-10-14(15)16(19)18-8-5-6-13(7-9-18)12(2)3/h12-15,17H,4-11H2,1-3H3. The summed E-state index contributed by atoms with van der Waals surface area (Å²) >= 11 is 0. The lowest BCUT2D eigenvalue weighted by Crippen LogP contribution is -2.46. The molecule has 0 spiro atoms. The summed E-state index contributed by atoms with van der Waals surface area (Å²) in [5.74, 6) is 1.83. The number of carbonyl (C=O) groups is 1. The Hall–Kier alpha value is -0.610. The highest BCUT2D eigenvalue weighted by molar-refractivity contribution is 5.80. The minimum atomic E-state index is 0.0190. The first-order chi connectivity index (χ1) is 9.63. The van der Waals surface area contributed by atoms with Gasteiger partial charge in [0.05, 0.1) is 19.1 Å². The summed E-state index contributed by atoms with van der Waals surface area (Å²) in [7, 11) is 0. The largest absolute Gasteiger partial charge is 0.379 e. The fourth-order valence-electron chi connectivity index (χ4n) is 3.50. The molecule has 2 fully saturated rings. The van der Waals surface area contributed by atoms with E-state index in [2.05, 4.69) is 31.0 Å². The van der Waals surface area contributed by atoms with Crippen molar-refractivity contribution in [2.24, 2.45) is 17.8 Å². The third-order valence-electron chi connectivity index (χ3n) is 4.89.